The molecular weight excluding hydrogens is 223 g/mol. The van der Waals surface area contributed by atoms with Crippen LogP contribution in [-0.2, 0) is 4.74 Å². The van der Waals surface area contributed by atoms with Crippen molar-refractivity contribution in [3.63, 3.8) is 0 Å². The van der Waals surface area contributed by atoms with E-state index in [9.17, 15) is 13.2 Å². The number of halogens is 3. The molecule has 3 N–H and O–H groups in total. The summed E-state index contributed by atoms with van der Waals surface area (Å²) in [7, 11) is 0. The third-order valence-electron chi connectivity index (χ3n) is 2.62. The molecule has 1 rings (SSSR count). The van der Waals surface area contributed by atoms with Gasteiger partial charge < -0.3 is 10.6 Å². The zero-order valence-corrected chi connectivity index (χ0v) is 8.89. The minimum Gasteiger partial charge on any atom is -0.387 e. The first-order valence-electron chi connectivity index (χ1n) is 5.15. The summed E-state index contributed by atoms with van der Waals surface area (Å²) in [4.78, 5) is 1.85. The van der Waals surface area contributed by atoms with Crippen molar-refractivity contribution in [1.29, 1.82) is 5.41 Å². The average molecular weight is 239 g/mol. The Balaban J connectivity index is 2.24. The molecule has 0 saturated carbocycles. The molecule has 1 heterocycles. The lowest BCUT2D eigenvalue weighted by Gasteiger charge is -2.31. The number of likely N-dealkylation sites (tertiary alicyclic amines) is 1. The summed E-state index contributed by atoms with van der Waals surface area (Å²) in [5.74, 6) is 0.0843. The van der Waals surface area contributed by atoms with Gasteiger partial charge in [0.15, 0.2) is 0 Å². The molecular formula is C9H16F3N3O. The van der Waals surface area contributed by atoms with Crippen LogP contribution in [0.5, 0.6) is 0 Å². The Morgan fingerprint density at radius 3 is 2.75 bits per heavy atom. The second-order valence-electron chi connectivity index (χ2n) is 3.89. The van der Waals surface area contributed by atoms with E-state index in [0.717, 1.165) is 19.4 Å². The van der Waals surface area contributed by atoms with Gasteiger partial charge in [0.05, 0.1) is 12.4 Å². The molecule has 0 bridgehead atoms. The van der Waals surface area contributed by atoms with E-state index >= 15 is 0 Å². The third kappa shape index (κ3) is 4.80. The minimum absolute atomic E-state index is 0.0281. The number of ether oxygens (including phenoxy) is 1. The molecule has 0 amide bonds. The van der Waals surface area contributed by atoms with Crippen LogP contribution in [0.4, 0.5) is 13.2 Å². The minimum atomic E-state index is -4.56. The topological polar surface area (TPSA) is 62.3 Å². The van der Waals surface area contributed by atoms with Crippen LogP contribution in [0.25, 0.3) is 0 Å². The number of nitrogens with two attached hydrogens (primary N) is 1. The van der Waals surface area contributed by atoms with Crippen molar-refractivity contribution >= 4 is 5.84 Å². The number of nitrogens with zero attached hydrogens (tertiary/aromatic N) is 1. The van der Waals surface area contributed by atoms with E-state index in [1.54, 1.807) is 0 Å². The molecule has 1 aliphatic rings. The molecule has 0 aromatic heterocycles. The Morgan fingerprint density at radius 1 is 1.50 bits per heavy atom. The van der Waals surface area contributed by atoms with Crippen molar-refractivity contribution in [1.82, 2.24) is 4.90 Å². The van der Waals surface area contributed by atoms with Crippen LogP contribution in [0.1, 0.15) is 12.8 Å². The largest absolute Gasteiger partial charge is 0.522 e. The van der Waals surface area contributed by atoms with E-state index in [1.165, 1.54) is 0 Å². The van der Waals surface area contributed by atoms with Crippen molar-refractivity contribution < 1.29 is 17.9 Å². The summed E-state index contributed by atoms with van der Waals surface area (Å²) < 4.78 is 38.9. The van der Waals surface area contributed by atoms with E-state index in [-0.39, 0.29) is 24.9 Å². The number of hydrogen-bond acceptors (Lipinski definition) is 3. The Morgan fingerprint density at radius 2 is 2.19 bits per heavy atom. The summed E-state index contributed by atoms with van der Waals surface area (Å²) in [6, 6.07) is 0. The summed E-state index contributed by atoms with van der Waals surface area (Å²) in [6.45, 7) is 1.15. The second-order valence-corrected chi connectivity index (χ2v) is 3.89. The number of nitrogens with one attached hydrogen (secondary N) is 1. The van der Waals surface area contributed by atoms with Gasteiger partial charge in [-0.25, -0.2) is 0 Å². The maximum Gasteiger partial charge on any atom is 0.522 e. The van der Waals surface area contributed by atoms with Gasteiger partial charge in [-0.15, -0.1) is 13.2 Å². The highest BCUT2D eigenvalue weighted by Gasteiger charge is 2.29. The van der Waals surface area contributed by atoms with Crippen LogP contribution < -0.4 is 5.73 Å². The van der Waals surface area contributed by atoms with Crippen LogP contribution >= 0.6 is 0 Å². The molecule has 1 fully saturated rings. The van der Waals surface area contributed by atoms with Gasteiger partial charge in [0.25, 0.3) is 0 Å². The Kier molecular flexibility index (Phi) is 4.55. The molecule has 94 valence electrons. The van der Waals surface area contributed by atoms with Gasteiger partial charge in [-0.2, -0.15) is 0 Å². The van der Waals surface area contributed by atoms with Gasteiger partial charge in [0.1, 0.15) is 0 Å². The lowest BCUT2D eigenvalue weighted by Crippen LogP contribution is -2.42. The number of hydrogen-bond donors (Lipinski definition) is 2. The van der Waals surface area contributed by atoms with Crippen molar-refractivity contribution in [3.8, 4) is 0 Å². The molecule has 1 aliphatic heterocycles. The first-order valence-corrected chi connectivity index (χ1v) is 5.15. The van der Waals surface area contributed by atoms with Crippen molar-refractivity contribution in [2.24, 2.45) is 11.7 Å². The highest BCUT2D eigenvalue weighted by Crippen LogP contribution is 2.18. The summed E-state index contributed by atoms with van der Waals surface area (Å²) in [5.41, 5.74) is 5.37. The predicted molar refractivity (Wildman–Crippen MR) is 53.1 cm³/mol. The molecule has 0 spiro atoms. The predicted octanol–water partition coefficient (Wildman–Crippen LogP) is 1.17. The van der Waals surface area contributed by atoms with E-state index in [2.05, 4.69) is 4.74 Å². The van der Waals surface area contributed by atoms with Crippen LogP contribution in [0, 0.1) is 11.3 Å². The lowest BCUT2D eigenvalue weighted by molar-refractivity contribution is -0.325. The molecule has 1 unspecified atom stereocenters. The maximum atomic E-state index is 11.7. The molecule has 0 aromatic rings. The van der Waals surface area contributed by atoms with Gasteiger partial charge in [-0.05, 0) is 19.4 Å². The Labute approximate surface area is 92.0 Å². The fourth-order valence-electron chi connectivity index (χ4n) is 1.80. The van der Waals surface area contributed by atoms with Gasteiger partial charge in [-0.1, -0.05) is 0 Å². The monoisotopic (exact) mass is 239 g/mol. The third-order valence-corrected chi connectivity index (χ3v) is 2.62. The van der Waals surface area contributed by atoms with Crippen molar-refractivity contribution in [2.75, 3.05) is 26.2 Å². The van der Waals surface area contributed by atoms with Crippen LogP contribution in [0.3, 0.4) is 0 Å². The molecule has 0 radical (unpaired) electrons. The van der Waals surface area contributed by atoms with E-state index in [1.807, 2.05) is 4.90 Å². The number of rotatable bonds is 4. The molecule has 16 heavy (non-hydrogen) atoms. The Hall–Kier alpha value is -0.820. The number of amidine groups is 1. The zero-order valence-electron chi connectivity index (χ0n) is 8.89. The first kappa shape index (κ1) is 13.2. The quantitative estimate of drug-likeness (QED) is 0.572. The number of alkyl halides is 3. The van der Waals surface area contributed by atoms with Gasteiger partial charge in [-0.3, -0.25) is 10.1 Å². The summed E-state index contributed by atoms with van der Waals surface area (Å²) >= 11 is 0. The van der Waals surface area contributed by atoms with Crippen molar-refractivity contribution in [3.05, 3.63) is 0 Å². The summed E-state index contributed by atoms with van der Waals surface area (Å²) in [6.07, 6.45) is -2.86. The highest BCUT2D eigenvalue weighted by atomic mass is 19.4. The van der Waals surface area contributed by atoms with Crippen LogP contribution in [-0.4, -0.2) is 43.3 Å². The van der Waals surface area contributed by atoms with Crippen LogP contribution in [0.15, 0.2) is 0 Å². The molecule has 0 aliphatic carbocycles. The van der Waals surface area contributed by atoms with Crippen molar-refractivity contribution in [2.45, 2.75) is 19.2 Å². The summed E-state index contributed by atoms with van der Waals surface area (Å²) in [5, 5.41) is 7.29. The smallest absolute Gasteiger partial charge is 0.387 e. The molecule has 7 heteroatoms. The van der Waals surface area contributed by atoms with E-state index < -0.39 is 6.36 Å². The zero-order chi connectivity index (χ0) is 12.2. The van der Waals surface area contributed by atoms with E-state index in [4.69, 9.17) is 11.1 Å². The highest BCUT2D eigenvalue weighted by molar-refractivity contribution is 5.79. The van der Waals surface area contributed by atoms with Gasteiger partial charge in [0.2, 0.25) is 0 Å². The molecule has 1 saturated heterocycles. The molecule has 4 nitrogen and oxygen atoms in total. The Bertz CT molecular complexity index is 245. The maximum absolute atomic E-state index is 11.7. The fourth-order valence-corrected chi connectivity index (χ4v) is 1.80. The van der Waals surface area contributed by atoms with Gasteiger partial charge in [0, 0.05) is 19.0 Å². The fraction of sp³-hybridized carbons (Fsp3) is 0.889. The SMILES string of the molecule is N=C(N)C1CCCN(CCOC(F)(F)F)C1. The average Bonchev–Trinajstić information content (AvgIpc) is 2.16. The number of piperidine rings is 1. The second kappa shape index (κ2) is 5.49. The lowest BCUT2D eigenvalue weighted by atomic mass is 9.97. The molecule has 0 aromatic carbocycles. The molecule has 1 atom stereocenters. The standard InChI is InChI=1S/C9H16F3N3O/c10-9(11,12)16-5-4-15-3-1-2-7(6-15)8(13)14/h7H,1-6H2,(H3,13,14). The van der Waals surface area contributed by atoms with Gasteiger partial charge >= 0.3 is 6.36 Å². The normalized spacial score (nSPS) is 23.3. The van der Waals surface area contributed by atoms with E-state index in [0.29, 0.717) is 6.54 Å². The van der Waals surface area contributed by atoms with Crippen LogP contribution in [0.2, 0.25) is 0 Å². The first-order chi connectivity index (χ1) is 7.38.